The lowest BCUT2D eigenvalue weighted by Crippen LogP contribution is -2.26. The summed E-state index contributed by atoms with van der Waals surface area (Å²) in [6.45, 7) is 1.90. The van der Waals surface area contributed by atoms with Gasteiger partial charge in [-0.3, -0.25) is 0 Å². The molecule has 1 aliphatic heterocycles. The number of hydrogen-bond donors (Lipinski definition) is 1. The van der Waals surface area contributed by atoms with E-state index in [-0.39, 0.29) is 5.82 Å². The Morgan fingerprint density at radius 2 is 2.12 bits per heavy atom. The molecule has 2 rings (SSSR count). The lowest BCUT2D eigenvalue weighted by Gasteiger charge is -2.24. The highest BCUT2D eigenvalue weighted by Crippen LogP contribution is 2.30. The van der Waals surface area contributed by atoms with Crippen LogP contribution in [-0.4, -0.2) is 24.6 Å². The van der Waals surface area contributed by atoms with E-state index in [1.54, 1.807) is 6.07 Å². The van der Waals surface area contributed by atoms with Gasteiger partial charge in [-0.25, -0.2) is 4.39 Å². The number of nitrogens with zero attached hydrogens (tertiary/aromatic N) is 1. The Labute approximate surface area is 108 Å². The number of rotatable bonds is 1. The molecule has 0 aliphatic carbocycles. The number of benzene rings is 1. The first-order valence-corrected chi connectivity index (χ1v) is 7.20. The Morgan fingerprint density at radius 1 is 1.31 bits per heavy atom. The minimum absolute atomic E-state index is 0.249. The van der Waals surface area contributed by atoms with E-state index in [1.807, 2.05) is 11.8 Å². The normalized spacial score (nSPS) is 17.2. The molecule has 2 N–H and O–H groups in total. The molecule has 0 saturated carbocycles. The van der Waals surface area contributed by atoms with Crippen molar-refractivity contribution in [2.45, 2.75) is 6.42 Å². The molecule has 0 amide bonds. The van der Waals surface area contributed by atoms with E-state index in [9.17, 15) is 4.39 Å². The molecule has 1 saturated heterocycles. The van der Waals surface area contributed by atoms with Crippen LogP contribution in [0.25, 0.3) is 0 Å². The SMILES string of the molecule is Nc1cc(Br)c(F)cc1N1CCCSCC1. The third-order valence-corrected chi connectivity index (χ3v) is 4.29. The fraction of sp³-hybridized carbons (Fsp3) is 0.455. The highest BCUT2D eigenvalue weighted by molar-refractivity contribution is 9.10. The van der Waals surface area contributed by atoms with Crippen LogP contribution in [0.2, 0.25) is 0 Å². The van der Waals surface area contributed by atoms with E-state index in [0.29, 0.717) is 10.2 Å². The molecule has 0 bridgehead atoms. The van der Waals surface area contributed by atoms with Crippen LogP contribution in [-0.2, 0) is 0 Å². The summed E-state index contributed by atoms with van der Waals surface area (Å²) in [5, 5.41) is 0. The quantitative estimate of drug-likeness (QED) is 0.808. The van der Waals surface area contributed by atoms with Gasteiger partial charge >= 0.3 is 0 Å². The fourth-order valence-corrected chi connectivity index (χ4v) is 3.06. The lowest BCUT2D eigenvalue weighted by molar-refractivity contribution is 0.620. The second-order valence-electron chi connectivity index (χ2n) is 3.78. The summed E-state index contributed by atoms with van der Waals surface area (Å²) in [6.07, 6.45) is 1.13. The minimum atomic E-state index is -0.249. The molecule has 0 atom stereocenters. The van der Waals surface area contributed by atoms with Crippen molar-refractivity contribution in [1.29, 1.82) is 0 Å². The molecule has 1 aromatic rings. The van der Waals surface area contributed by atoms with Crippen molar-refractivity contribution in [2.75, 3.05) is 35.2 Å². The Morgan fingerprint density at radius 3 is 2.94 bits per heavy atom. The number of halogens is 2. The molecule has 1 aliphatic rings. The predicted molar refractivity (Wildman–Crippen MR) is 72.7 cm³/mol. The number of nitrogens with two attached hydrogens (primary N) is 1. The summed E-state index contributed by atoms with van der Waals surface area (Å²) in [4.78, 5) is 2.17. The largest absolute Gasteiger partial charge is 0.397 e. The molecule has 1 aromatic carbocycles. The molecule has 2 nitrogen and oxygen atoms in total. The summed E-state index contributed by atoms with van der Waals surface area (Å²) >= 11 is 5.08. The van der Waals surface area contributed by atoms with Crippen molar-refractivity contribution in [2.24, 2.45) is 0 Å². The van der Waals surface area contributed by atoms with Gasteiger partial charge in [0.25, 0.3) is 0 Å². The molecular weight excluding hydrogens is 291 g/mol. The number of thioether (sulfide) groups is 1. The first-order chi connectivity index (χ1) is 7.68. The van der Waals surface area contributed by atoms with Gasteiger partial charge in [0.1, 0.15) is 5.82 Å². The van der Waals surface area contributed by atoms with Crippen LogP contribution in [0.15, 0.2) is 16.6 Å². The maximum absolute atomic E-state index is 13.5. The van der Waals surface area contributed by atoms with Crippen LogP contribution in [0.4, 0.5) is 15.8 Å². The number of nitrogen functional groups attached to an aromatic ring is 1. The Balaban J connectivity index is 2.27. The van der Waals surface area contributed by atoms with Gasteiger partial charge in [-0.05, 0) is 34.2 Å². The Bertz CT molecular complexity index is 378. The zero-order valence-electron chi connectivity index (χ0n) is 8.88. The second-order valence-corrected chi connectivity index (χ2v) is 5.86. The first-order valence-electron chi connectivity index (χ1n) is 5.25. The van der Waals surface area contributed by atoms with Gasteiger partial charge in [0, 0.05) is 24.9 Å². The molecule has 1 fully saturated rings. The van der Waals surface area contributed by atoms with Gasteiger partial charge in [0.2, 0.25) is 0 Å². The number of anilines is 2. The molecule has 88 valence electrons. The molecule has 16 heavy (non-hydrogen) atoms. The summed E-state index contributed by atoms with van der Waals surface area (Å²) in [6, 6.07) is 3.16. The van der Waals surface area contributed by atoms with Crippen molar-refractivity contribution >= 4 is 39.1 Å². The molecular formula is C11H14BrFN2S. The highest BCUT2D eigenvalue weighted by Gasteiger charge is 2.14. The Hall–Kier alpha value is -0.420. The van der Waals surface area contributed by atoms with Gasteiger partial charge in [0.05, 0.1) is 15.8 Å². The number of hydrogen-bond acceptors (Lipinski definition) is 3. The molecule has 0 radical (unpaired) electrons. The van der Waals surface area contributed by atoms with Gasteiger partial charge in [-0.15, -0.1) is 0 Å². The standard InChI is InChI=1S/C11H14BrFN2S/c12-8-6-10(14)11(7-9(8)13)15-2-1-4-16-5-3-15/h6-7H,1-5,14H2. The average molecular weight is 305 g/mol. The predicted octanol–water partition coefficient (Wildman–Crippen LogP) is 3.11. The zero-order chi connectivity index (χ0) is 11.5. The fourth-order valence-electron chi connectivity index (χ4n) is 1.81. The van der Waals surface area contributed by atoms with Crippen molar-refractivity contribution in [3.63, 3.8) is 0 Å². The van der Waals surface area contributed by atoms with Crippen LogP contribution in [0.1, 0.15) is 6.42 Å². The van der Waals surface area contributed by atoms with Crippen LogP contribution in [0, 0.1) is 5.82 Å². The molecule has 0 aromatic heterocycles. The summed E-state index contributed by atoms with van der Waals surface area (Å²) in [5.41, 5.74) is 7.39. The average Bonchev–Trinajstić information content (AvgIpc) is 2.52. The third kappa shape index (κ3) is 2.63. The first kappa shape index (κ1) is 12.0. The maximum Gasteiger partial charge on any atom is 0.139 e. The van der Waals surface area contributed by atoms with E-state index in [4.69, 9.17) is 5.73 Å². The van der Waals surface area contributed by atoms with Gasteiger partial charge < -0.3 is 10.6 Å². The minimum Gasteiger partial charge on any atom is -0.397 e. The lowest BCUT2D eigenvalue weighted by atomic mass is 10.2. The monoisotopic (exact) mass is 304 g/mol. The van der Waals surface area contributed by atoms with Crippen LogP contribution >= 0.6 is 27.7 Å². The van der Waals surface area contributed by atoms with Gasteiger partial charge in [0.15, 0.2) is 0 Å². The Kier molecular flexibility index (Phi) is 3.97. The topological polar surface area (TPSA) is 29.3 Å². The molecule has 0 spiro atoms. The van der Waals surface area contributed by atoms with Crippen molar-refractivity contribution in [3.8, 4) is 0 Å². The van der Waals surface area contributed by atoms with Gasteiger partial charge in [-0.1, -0.05) is 0 Å². The van der Waals surface area contributed by atoms with E-state index >= 15 is 0 Å². The van der Waals surface area contributed by atoms with Crippen molar-refractivity contribution in [3.05, 3.63) is 22.4 Å². The maximum atomic E-state index is 13.5. The molecule has 5 heteroatoms. The summed E-state index contributed by atoms with van der Waals surface area (Å²) < 4.78 is 13.9. The summed E-state index contributed by atoms with van der Waals surface area (Å²) in [5.74, 6) is 2.01. The zero-order valence-corrected chi connectivity index (χ0v) is 11.3. The van der Waals surface area contributed by atoms with Crippen LogP contribution in [0.5, 0.6) is 0 Å². The molecule has 0 unspecified atom stereocenters. The third-order valence-electron chi connectivity index (χ3n) is 2.63. The van der Waals surface area contributed by atoms with E-state index < -0.39 is 0 Å². The van der Waals surface area contributed by atoms with Gasteiger partial charge in [-0.2, -0.15) is 11.8 Å². The van der Waals surface area contributed by atoms with Crippen molar-refractivity contribution < 1.29 is 4.39 Å². The van der Waals surface area contributed by atoms with E-state index in [1.165, 1.54) is 11.8 Å². The van der Waals surface area contributed by atoms with E-state index in [0.717, 1.165) is 31.0 Å². The highest BCUT2D eigenvalue weighted by atomic mass is 79.9. The van der Waals surface area contributed by atoms with Crippen LogP contribution in [0.3, 0.4) is 0 Å². The molecule has 1 heterocycles. The van der Waals surface area contributed by atoms with Crippen molar-refractivity contribution in [1.82, 2.24) is 0 Å². The van der Waals surface area contributed by atoms with E-state index in [2.05, 4.69) is 20.8 Å². The van der Waals surface area contributed by atoms with Crippen LogP contribution < -0.4 is 10.6 Å². The summed E-state index contributed by atoms with van der Waals surface area (Å²) in [7, 11) is 0. The smallest absolute Gasteiger partial charge is 0.139 e. The second kappa shape index (κ2) is 5.27.